The molecule has 0 saturated carbocycles. The van der Waals surface area contributed by atoms with Crippen molar-refractivity contribution in [3.8, 4) is 5.75 Å². The maximum absolute atomic E-state index is 12.5. The standard InChI is InChI=1S/C20H19N3O5/c1-27-13-7-8-17(15(11-13)20(26)28-2)22-18(24)9-10-23-12-21-16-6-4-3-5-14(16)19(23)25/h3-8,11-12H,9-10H2,1-2H3,(H,22,24). The molecule has 8 nitrogen and oxygen atoms in total. The van der Waals surface area contributed by atoms with E-state index in [1.165, 1.54) is 31.2 Å². The van der Waals surface area contributed by atoms with E-state index in [0.29, 0.717) is 22.3 Å². The summed E-state index contributed by atoms with van der Waals surface area (Å²) in [6.07, 6.45) is 1.46. The molecule has 1 amide bonds. The fourth-order valence-corrected chi connectivity index (χ4v) is 2.74. The van der Waals surface area contributed by atoms with Gasteiger partial charge in [-0.3, -0.25) is 14.2 Å². The number of amides is 1. The fourth-order valence-electron chi connectivity index (χ4n) is 2.74. The number of aryl methyl sites for hydroxylation is 1. The molecule has 0 aliphatic rings. The Kier molecular flexibility index (Phi) is 5.69. The molecule has 2 aromatic carbocycles. The van der Waals surface area contributed by atoms with Crippen molar-refractivity contribution in [1.82, 2.24) is 9.55 Å². The summed E-state index contributed by atoms with van der Waals surface area (Å²) in [7, 11) is 2.73. The molecule has 0 unspecified atom stereocenters. The van der Waals surface area contributed by atoms with Crippen molar-refractivity contribution in [3.05, 3.63) is 64.7 Å². The third-order valence-electron chi connectivity index (χ3n) is 4.22. The predicted molar refractivity (Wildman–Crippen MR) is 104 cm³/mol. The summed E-state index contributed by atoms with van der Waals surface area (Å²) >= 11 is 0. The Bertz CT molecular complexity index is 1090. The van der Waals surface area contributed by atoms with Gasteiger partial charge in [-0.1, -0.05) is 12.1 Å². The Hall–Kier alpha value is -3.68. The van der Waals surface area contributed by atoms with Crippen molar-refractivity contribution in [2.45, 2.75) is 13.0 Å². The van der Waals surface area contributed by atoms with E-state index in [4.69, 9.17) is 9.47 Å². The number of aromatic nitrogens is 2. The molecule has 8 heteroatoms. The number of hydrogen-bond acceptors (Lipinski definition) is 6. The number of benzene rings is 2. The quantitative estimate of drug-likeness (QED) is 0.657. The van der Waals surface area contributed by atoms with E-state index >= 15 is 0 Å². The van der Waals surface area contributed by atoms with Gasteiger partial charge in [0.05, 0.1) is 42.7 Å². The number of nitrogens with zero attached hydrogens (tertiary/aromatic N) is 2. The van der Waals surface area contributed by atoms with E-state index in [2.05, 4.69) is 10.3 Å². The zero-order valence-corrected chi connectivity index (χ0v) is 15.5. The van der Waals surface area contributed by atoms with Crippen LogP contribution in [0.2, 0.25) is 0 Å². The van der Waals surface area contributed by atoms with Gasteiger partial charge in [-0.2, -0.15) is 0 Å². The maximum atomic E-state index is 12.5. The first kappa shape index (κ1) is 19.1. The molecule has 0 saturated heterocycles. The highest BCUT2D eigenvalue weighted by molar-refractivity contribution is 6.01. The number of carbonyl (C=O) groups is 2. The van der Waals surface area contributed by atoms with Gasteiger partial charge in [0.1, 0.15) is 5.75 Å². The van der Waals surface area contributed by atoms with Gasteiger partial charge in [0, 0.05) is 13.0 Å². The van der Waals surface area contributed by atoms with Crippen molar-refractivity contribution in [1.29, 1.82) is 0 Å². The van der Waals surface area contributed by atoms with Crippen LogP contribution in [0.4, 0.5) is 5.69 Å². The molecule has 1 N–H and O–H groups in total. The van der Waals surface area contributed by atoms with Gasteiger partial charge < -0.3 is 14.8 Å². The number of hydrogen-bond donors (Lipinski definition) is 1. The second-order valence-corrected chi connectivity index (χ2v) is 5.96. The van der Waals surface area contributed by atoms with Crippen molar-refractivity contribution in [2.75, 3.05) is 19.5 Å². The molecule has 144 valence electrons. The molecule has 0 bridgehead atoms. The Morgan fingerprint density at radius 2 is 1.93 bits per heavy atom. The van der Waals surface area contributed by atoms with Crippen LogP contribution in [0, 0.1) is 0 Å². The number of anilines is 1. The molecule has 1 aromatic heterocycles. The Labute approximate surface area is 160 Å². The SMILES string of the molecule is COC(=O)c1cc(OC)ccc1NC(=O)CCn1cnc2ccccc2c1=O. The van der Waals surface area contributed by atoms with Crippen LogP contribution >= 0.6 is 0 Å². The number of fused-ring (bicyclic) bond motifs is 1. The predicted octanol–water partition coefficient (Wildman–Crippen LogP) is 2.22. The summed E-state index contributed by atoms with van der Waals surface area (Å²) < 4.78 is 11.2. The third kappa shape index (κ3) is 4.01. The lowest BCUT2D eigenvalue weighted by molar-refractivity contribution is -0.116. The molecule has 0 aliphatic carbocycles. The van der Waals surface area contributed by atoms with E-state index in [1.54, 1.807) is 36.4 Å². The van der Waals surface area contributed by atoms with Gasteiger partial charge >= 0.3 is 5.97 Å². The lowest BCUT2D eigenvalue weighted by atomic mass is 10.1. The monoisotopic (exact) mass is 381 g/mol. The first-order chi connectivity index (χ1) is 13.5. The number of rotatable bonds is 6. The Balaban J connectivity index is 1.74. The molecule has 0 spiro atoms. The highest BCUT2D eigenvalue weighted by Gasteiger charge is 2.15. The van der Waals surface area contributed by atoms with E-state index in [-0.39, 0.29) is 30.0 Å². The third-order valence-corrected chi connectivity index (χ3v) is 4.22. The maximum Gasteiger partial charge on any atom is 0.340 e. The molecule has 0 atom stereocenters. The second kappa shape index (κ2) is 8.34. The van der Waals surface area contributed by atoms with Crippen LogP contribution < -0.4 is 15.6 Å². The fraction of sp³-hybridized carbons (Fsp3) is 0.200. The summed E-state index contributed by atoms with van der Waals surface area (Å²) in [4.78, 5) is 41.0. The first-order valence-electron chi connectivity index (χ1n) is 8.54. The number of nitrogens with one attached hydrogen (secondary N) is 1. The summed E-state index contributed by atoms with van der Waals surface area (Å²) in [5.41, 5.74) is 0.883. The number of para-hydroxylation sites is 1. The molecule has 3 rings (SSSR count). The normalized spacial score (nSPS) is 10.5. The minimum Gasteiger partial charge on any atom is -0.497 e. The van der Waals surface area contributed by atoms with Crippen LogP contribution in [0.25, 0.3) is 10.9 Å². The van der Waals surface area contributed by atoms with E-state index in [0.717, 1.165) is 0 Å². The van der Waals surface area contributed by atoms with Gasteiger partial charge in [-0.25, -0.2) is 9.78 Å². The van der Waals surface area contributed by atoms with Gasteiger partial charge in [-0.05, 0) is 30.3 Å². The van der Waals surface area contributed by atoms with Crippen molar-refractivity contribution in [3.63, 3.8) is 0 Å². The largest absolute Gasteiger partial charge is 0.497 e. The highest BCUT2D eigenvalue weighted by Crippen LogP contribution is 2.23. The number of methoxy groups -OCH3 is 2. The highest BCUT2D eigenvalue weighted by atomic mass is 16.5. The minimum absolute atomic E-state index is 0.0343. The number of carbonyl (C=O) groups excluding carboxylic acids is 2. The topological polar surface area (TPSA) is 99.5 Å². The lowest BCUT2D eigenvalue weighted by Crippen LogP contribution is -2.24. The molecule has 3 aromatic rings. The van der Waals surface area contributed by atoms with E-state index in [1.807, 2.05) is 0 Å². The van der Waals surface area contributed by atoms with Crippen molar-refractivity contribution >= 4 is 28.5 Å². The van der Waals surface area contributed by atoms with Crippen LogP contribution in [0.15, 0.2) is 53.6 Å². The van der Waals surface area contributed by atoms with Crippen LogP contribution in [0.1, 0.15) is 16.8 Å². The molecular formula is C20H19N3O5. The average molecular weight is 381 g/mol. The Morgan fingerprint density at radius 1 is 1.14 bits per heavy atom. The number of ether oxygens (including phenoxy) is 2. The zero-order valence-electron chi connectivity index (χ0n) is 15.5. The minimum atomic E-state index is -0.593. The van der Waals surface area contributed by atoms with Crippen LogP contribution in [0.3, 0.4) is 0 Å². The van der Waals surface area contributed by atoms with Crippen LogP contribution in [0.5, 0.6) is 5.75 Å². The van der Waals surface area contributed by atoms with E-state index in [9.17, 15) is 14.4 Å². The van der Waals surface area contributed by atoms with Crippen molar-refractivity contribution in [2.24, 2.45) is 0 Å². The van der Waals surface area contributed by atoms with Gasteiger partial charge in [0.2, 0.25) is 5.91 Å². The molecule has 0 radical (unpaired) electrons. The summed E-state index contributed by atoms with van der Waals surface area (Å²) in [5, 5.41) is 3.17. The molecule has 28 heavy (non-hydrogen) atoms. The summed E-state index contributed by atoms with van der Waals surface area (Å²) in [6, 6.07) is 11.7. The first-order valence-corrected chi connectivity index (χ1v) is 8.54. The van der Waals surface area contributed by atoms with Gasteiger partial charge in [-0.15, -0.1) is 0 Å². The van der Waals surface area contributed by atoms with Gasteiger partial charge in [0.25, 0.3) is 5.56 Å². The lowest BCUT2D eigenvalue weighted by Gasteiger charge is -2.12. The number of esters is 1. The molecule has 1 heterocycles. The Morgan fingerprint density at radius 3 is 2.68 bits per heavy atom. The summed E-state index contributed by atoms with van der Waals surface area (Å²) in [5.74, 6) is -0.480. The smallest absolute Gasteiger partial charge is 0.340 e. The molecule has 0 aliphatic heterocycles. The van der Waals surface area contributed by atoms with Crippen LogP contribution in [-0.4, -0.2) is 35.6 Å². The summed E-state index contributed by atoms with van der Waals surface area (Å²) in [6.45, 7) is 0.159. The van der Waals surface area contributed by atoms with Gasteiger partial charge in [0.15, 0.2) is 0 Å². The van der Waals surface area contributed by atoms with Crippen molar-refractivity contribution < 1.29 is 19.1 Å². The average Bonchev–Trinajstić information content (AvgIpc) is 2.73. The van der Waals surface area contributed by atoms with E-state index < -0.39 is 5.97 Å². The second-order valence-electron chi connectivity index (χ2n) is 5.96. The molecule has 0 fully saturated rings. The molecular weight excluding hydrogens is 362 g/mol. The van der Waals surface area contributed by atoms with Crippen LogP contribution in [-0.2, 0) is 16.1 Å². The zero-order chi connectivity index (χ0) is 20.1.